The third kappa shape index (κ3) is 33.8. The van der Waals surface area contributed by atoms with E-state index in [1.807, 2.05) is 6.08 Å². The van der Waals surface area contributed by atoms with Crippen molar-refractivity contribution in [2.75, 3.05) is 6.61 Å². The molecule has 0 bridgehead atoms. The first-order valence-electron chi connectivity index (χ1n) is 19.7. The van der Waals surface area contributed by atoms with Gasteiger partial charge in [-0.3, -0.25) is 4.79 Å². The van der Waals surface area contributed by atoms with Crippen molar-refractivity contribution in [2.45, 2.75) is 212 Å². The fourth-order valence-electron chi connectivity index (χ4n) is 5.80. The molecule has 0 radical (unpaired) electrons. The van der Waals surface area contributed by atoms with Crippen molar-refractivity contribution in [2.24, 2.45) is 0 Å². The molecular weight excluding hydrogens is 554 g/mol. The van der Waals surface area contributed by atoms with E-state index in [1.165, 1.54) is 128 Å². The number of allylic oxidation sites excluding steroid dienone is 5. The number of carbonyl (C=O) groups excluding carboxylic acids is 1. The minimum absolute atomic E-state index is 0.0971. The van der Waals surface area contributed by atoms with Gasteiger partial charge < -0.3 is 15.5 Å². The molecule has 0 aliphatic rings. The Morgan fingerprint density at radius 1 is 0.511 bits per heavy atom. The highest BCUT2D eigenvalue weighted by molar-refractivity contribution is 5.76. The molecular formula is C41H77NO3. The van der Waals surface area contributed by atoms with Crippen molar-refractivity contribution in [3.05, 3.63) is 36.5 Å². The normalized spacial score (nSPS) is 13.4. The molecule has 2 unspecified atom stereocenters. The van der Waals surface area contributed by atoms with Crippen molar-refractivity contribution in [1.29, 1.82) is 0 Å². The summed E-state index contributed by atoms with van der Waals surface area (Å²) >= 11 is 0. The largest absolute Gasteiger partial charge is 0.394 e. The van der Waals surface area contributed by atoms with E-state index in [4.69, 9.17) is 0 Å². The third-order valence-corrected chi connectivity index (χ3v) is 8.85. The third-order valence-electron chi connectivity index (χ3n) is 8.85. The summed E-state index contributed by atoms with van der Waals surface area (Å²) in [6.45, 7) is 4.17. The van der Waals surface area contributed by atoms with Gasteiger partial charge >= 0.3 is 0 Å². The summed E-state index contributed by atoms with van der Waals surface area (Å²) in [7, 11) is 0. The molecule has 0 aliphatic carbocycles. The lowest BCUT2D eigenvalue weighted by atomic mass is 10.0. The van der Waals surface area contributed by atoms with Crippen LogP contribution in [0.15, 0.2) is 36.5 Å². The number of unbranched alkanes of at least 4 members (excludes halogenated alkanes) is 24. The number of hydrogen-bond acceptors (Lipinski definition) is 3. The second-order valence-corrected chi connectivity index (χ2v) is 13.3. The second-order valence-electron chi connectivity index (χ2n) is 13.3. The maximum atomic E-state index is 12.0. The van der Waals surface area contributed by atoms with Crippen LogP contribution >= 0.6 is 0 Å². The Labute approximate surface area is 281 Å². The summed E-state index contributed by atoms with van der Waals surface area (Å²) in [4.78, 5) is 12.0. The van der Waals surface area contributed by atoms with E-state index in [9.17, 15) is 15.0 Å². The fraction of sp³-hybridized carbons (Fsp3) is 0.829. The number of rotatable bonds is 35. The minimum atomic E-state index is -0.863. The number of hydrogen-bond donors (Lipinski definition) is 3. The van der Waals surface area contributed by atoms with Crippen molar-refractivity contribution < 1.29 is 15.0 Å². The Morgan fingerprint density at radius 2 is 0.867 bits per heavy atom. The van der Waals surface area contributed by atoms with Crippen molar-refractivity contribution in [3.8, 4) is 0 Å². The zero-order valence-electron chi connectivity index (χ0n) is 30.1. The van der Waals surface area contributed by atoms with Crippen LogP contribution in [0.25, 0.3) is 0 Å². The summed E-state index contributed by atoms with van der Waals surface area (Å²) in [6, 6.07) is -0.638. The first-order valence-corrected chi connectivity index (χ1v) is 19.7. The SMILES string of the molecule is CCCCCCCCCCCCCCCCCCCCC/C=C/CC/C=C/CC/C=C/C(O)C(CO)NC(=O)CCCCCC. The van der Waals surface area contributed by atoms with Crippen LogP contribution in [0.2, 0.25) is 0 Å². The first-order chi connectivity index (χ1) is 22.2. The van der Waals surface area contributed by atoms with Crippen LogP contribution in [-0.2, 0) is 4.79 Å². The molecule has 0 spiro atoms. The molecule has 0 rings (SSSR count). The Hall–Kier alpha value is -1.39. The molecule has 3 N–H and O–H groups in total. The molecule has 4 heteroatoms. The molecule has 0 aromatic carbocycles. The van der Waals surface area contributed by atoms with Crippen LogP contribution in [0.4, 0.5) is 0 Å². The van der Waals surface area contributed by atoms with Gasteiger partial charge in [-0.1, -0.05) is 185 Å². The van der Waals surface area contributed by atoms with Crippen molar-refractivity contribution >= 4 is 5.91 Å². The van der Waals surface area contributed by atoms with Crippen LogP contribution in [0, 0.1) is 0 Å². The summed E-state index contributed by atoms with van der Waals surface area (Å²) in [5.74, 6) is -0.0971. The molecule has 0 saturated carbocycles. The lowest BCUT2D eigenvalue weighted by Crippen LogP contribution is -2.45. The maximum Gasteiger partial charge on any atom is 0.220 e. The monoisotopic (exact) mass is 632 g/mol. The predicted molar refractivity (Wildman–Crippen MR) is 198 cm³/mol. The van der Waals surface area contributed by atoms with E-state index in [0.29, 0.717) is 6.42 Å². The van der Waals surface area contributed by atoms with E-state index in [-0.39, 0.29) is 12.5 Å². The Kier molecular flexibility index (Phi) is 35.9. The number of carbonyl (C=O) groups is 1. The van der Waals surface area contributed by atoms with Crippen LogP contribution in [-0.4, -0.2) is 34.9 Å². The lowest BCUT2D eigenvalue weighted by Gasteiger charge is -2.19. The highest BCUT2D eigenvalue weighted by Crippen LogP contribution is 2.15. The van der Waals surface area contributed by atoms with Gasteiger partial charge in [-0.2, -0.15) is 0 Å². The quantitative estimate of drug-likeness (QED) is 0.0481. The molecule has 4 nitrogen and oxygen atoms in total. The summed E-state index contributed by atoms with van der Waals surface area (Å²) < 4.78 is 0. The van der Waals surface area contributed by atoms with Crippen molar-refractivity contribution in [3.63, 3.8) is 0 Å². The molecule has 2 atom stereocenters. The zero-order valence-corrected chi connectivity index (χ0v) is 30.1. The smallest absolute Gasteiger partial charge is 0.220 e. The van der Waals surface area contributed by atoms with Gasteiger partial charge in [0.2, 0.25) is 5.91 Å². The van der Waals surface area contributed by atoms with Crippen LogP contribution in [0.5, 0.6) is 0 Å². The van der Waals surface area contributed by atoms with Crippen LogP contribution in [0.1, 0.15) is 200 Å². The van der Waals surface area contributed by atoms with Gasteiger partial charge in [-0.05, 0) is 44.9 Å². The predicted octanol–water partition coefficient (Wildman–Crippen LogP) is 11.8. The van der Waals surface area contributed by atoms with Gasteiger partial charge in [0.1, 0.15) is 0 Å². The van der Waals surface area contributed by atoms with Crippen LogP contribution < -0.4 is 5.32 Å². The van der Waals surface area contributed by atoms with Gasteiger partial charge in [0.05, 0.1) is 18.8 Å². The summed E-state index contributed by atoms with van der Waals surface area (Å²) in [6.07, 6.45) is 48.8. The first kappa shape index (κ1) is 43.6. The van der Waals surface area contributed by atoms with E-state index < -0.39 is 12.1 Å². The maximum absolute atomic E-state index is 12.0. The van der Waals surface area contributed by atoms with Gasteiger partial charge in [-0.15, -0.1) is 0 Å². The topological polar surface area (TPSA) is 69.6 Å². The molecule has 0 aromatic heterocycles. The minimum Gasteiger partial charge on any atom is -0.394 e. The Balaban J connectivity index is 3.48. The number of aliphatic hydroxyl groups excluding tert-OH is 2. The fourth-order valence-corrected chi connectivity index (χ4v) is 5.80. The molecule has 1 amide bonds. The van der Waals surface area contributed by atoms with E-state index >= 15 is 0 Å². The zero-order chi connectivity index (χ0) is 32.9. The summed E-state index contributed by atoms with van der Waals surface area (Å²) in [5, 5.41) is 22.6. The molecule has 0 saturated heterocycles. The second kappa shape index (κ2) is 37.1. The summed E-state index contributed by atoms with van der Waals surface area (Å²) in [5.41, 5.74) is 0. The van der Waals surface area contributed by atoms with E-state index in [2.05, 4.69) is 43.5 Å². The standard InChI is InChI=1S/C41H77NO3/c1-3-5-7-9-10-11-12-13-14-15-16-17-18-19-20-21-22-23-24-25-26-27-28-29-30-31-32-33-34-36-40(44)39(38-43)42-41(45)37-35-8-6-4-2/h26-27,30-31,34,36,39-40,43-44H,3-25,28-29,32-33,35,37-38H2,1-2H3,(H,42,45)/b27-26+,31-30+,36-34+. The molecule has 264 valence electrons. The van der Waals surface area contributed by atoms with Gasteiger partial charge in [0.15, 0.2) is 0 Å². The number of nitrogens with one attached hydrogen (secondary N) is 1. The van der Waals surface area contributed by atoms with Crippen molar-refractivity contribution in [1.82, 2.24) is 5.32 Å². The molecule has 0 fully saturated rings. The molecule has 0 aliphatic heterocycles. The Bertz CT molecular complexity index is 686. The average Bonchev–Trinajstić information content (AvgIpc) is 3.04. The van der Waals surface area contributed by atoms with E-state index in [0.717, 1.165) is 51.4 Å². The Morgan fingerprint density at radius 3 is 1.29 bits per heavy atom. The lowest BCUT2D eigenvalue weighted by molar-refractivity contribution is -0.123. The van der Waals surface area contributed by atoms with Gasteiger partial charge in [0.25, 0.3) is 0 Å². The molecule has 0 aromatic rings. The molecule has 45 heavy (non-hydrogen) atoms. The van der Waals surface area contributed by atoms with Gasteiger partial charge in [-0.25, -0.2) is 0 Å². The molecule has 0 heterocycles. The average molecular weight is 632 g/mol. The number of aliphatic hydroxyl groups is 2. The van der Waals surface area contributed by atoms with Gasteiger partial charge in [0, 0.05) is 6.42 Å². The van der Waals surface area contributed by atoms with Crippen LogP contribution in [0.3, 0.4) is 0 Å². The van der Waals surface area contributed by atoms with E-state index in [1.54, 1.807) is 6.08 Å². The number of amides is 1. The highest BCUT2D eigenvalue weighted by Gasteiger charge is 2.17. The highest BCUT2D eigenvalue weighted by atomic mass is 16.3.